The van der Waals surface area contributed by atoms with Crippen molar-refractivity contribution in [2.45, 2.75) is 32.1 Å². The maximum Gasteiger partial charge on any atom is 0.122 e. The molecular formula is C19H25NO. The van der Waals surface area contributed by atoms with E-state index in [9.17, 15) is 0 Å². The maximum atomic E-state index is 6.00. The van der Waals surface area contributed by atoms with E-state index in [-0.39, 0.29) is 0 Å². The Hall–Kier alpha value is -1.80. The monoisotopic (exact) mass is 283 g/mol. The number of benzene rings is 2. The predicted molar refractivity (Wildman–Crippen MR) is 89.0 cm³/mol. The van der Waals surface area contributed by atoms with E-state index in [1.165, 1.54) is 16.7 Å². The fourth-order valence-electron chi connectivity index (χ4n) is 2.65. The molecule has 2 rings (SSSR count). The van der Waals surface area contributed by atoms with Crippen LogP contribution >= 0.6 is 0 Å². The number of ether oxygens (including phenoxy) is 1. The largest absolute Gasteiger partial charge is 0.496 e. The van der Waals surface area contributed by atoms with E-state index < -0.39 is 0 Å². The van der Waals surface area contributed by atoms with Gasteiger partial charge in [0.15, 0.2) is 0 Å². The zero-order valence-corrected chi connectivity index (χ0v) is 13.2. The third-order valence-electron chi connectivity index (χ3n) is 3.99. The molecule has 0 bridgehead atoms. The van der Waals surface area contributed by atoms with Gasteiger partial charge in [0.25, 0.3) is 0 Å². The Bertz CT molecular complexity index is 563. The van der Waals surface area contributed by atoms with Crippen molar-refractivity contribution in [3.8, 4) is 5.75 Å². The normalized spacial score (nSPS) is 12.4. The summed E-state index contributed by atoms with van der Waals surface area (Å²) in [7, 11) is 1.73. The third-order valence-corrected chi connectivity index (χ3v) is 3.99. The van der Waals surface area contributed by atoms with Gasteiger partial charge in [-0.05, 0) is 41.6 Å². The Morgan fingerprint density at radius 1 is 1.00 bits per heavy atom. The predicted octanol–water partition coefficient (Wildman–Crippen LogP) is 4.10. The summed E-state index contributed by atoms with van der Waals surface area (Å²) < 4.78 is 5.52. The second kappa shape index (κ2) is 7.28. The molecule has 21 heavy (non-hydrogen) atoms. The first-order chi connectivity index (χ1) is 10.2. The second-order valence-corrected chi connectivity index (χ2v) is 5.77. The lowest BCUT2D eigenvalue weighted by molar-refractivity contribution is 0.407. The first-order valence-electron chi connectivity index (χ1n) is 7.57. The molecule has 0 radical (unpaired) electrons. The van der Waals surface area contributed by atoms with E-state index >= 15 is 0 Å². The zero-order valence-electron chi connectivity index (χ0n) is 13.2. The van der Waals surface area contributed by atoms with Crippen molar-refractivity contribution in [1.29, 1.82) is 0 Å². The summed E-state index contributed by atoms with van der Waals surface area (Å²) in [6.45, 7) is 5.06. The van der Waals surface area contributed by atoms with Crippen molar-refractivity contribution in [2.24, 2.45) is 5.73 Å². The van der Waals surface area contributed by atoms with Crippen LogP contribution in [0.1, 0.15) is 42.4 Å². The summed E-state index contributed by atoms with van der Waals surface area (Å²) in [6, 6.07) is 17.0. The van der Waals surface area contributed by atoms with Crippen LogP contribution in [0.2, 0.25) is 0 Å². The highest BCUT2D eigenvalue weighted by atomic mass is 16.5. The number of methoxy groups -OCH3 is 1. The van der Waals surface area contributed by atoms with Gasteiger partial charge in [-0.2, -0.15) is 0 Å². The lowest BCUT2D eigenvalue weighted by Gasteiger charge is -2.19. The Morgan fingerprint density at radius 2 is 1.71 bits per heavy atom. The summed E-state index contributed by atoms with van der Waals surface area (Å²) in [6.07, 6.45) is 0.907. The Morgan fingerprint density at radius 3 is 2.29 bits per heavy atom. The molecule has 0 amide bonds. The number of rotatable bonds is 6. The highest BCUT2D eigenvalue weighted by Crippen LogP contribution is 2.29. The lowest BCUT2D eigenvalue weighted by atomic mass is 9.90. The summed E-state index contributed by atoms with van der Waals surface area (Å²) in [4.78, 5) is 0. The van der Waals surface area contributed by atoms with E-state index in [0.717, 1.165) is 12.2 Å². The van der Waals surface area contributed by atoms with Crippen LogP contribution in [0.15, 0.2) is 48.5 Å². The average molecular weight is 283 g/mol. The minimum atomic E-state index is 0.322. The van der Waals surface area contributed by atoms with Crippen LogP contribution in [0.4, 0.5) is 0 Å². The van der Waals surface area contributed by atoms with Crippen LogP contribution in [0.5, 0.6) is 5.75 Å². The van der Waals surface area contributed by atoms with E-state index in [0.29, 0.717) is 18.4 Å². The Kier molecular flexibility index (Phi) is 5.40. The van der Waals surface area contributed by atoms with Gasteiger partial charge in [-0.25, -0.2) is 0 Å². The first-order valence-corrected chi connectivity index (χ1v) is 7.57. The standard InChI is InChI=1S/C19H25NO/c1-14(2)16-9-10-19(21-3)17(11-16)12-18(13-20)15-7-5-4-6-8-15/h4-11,14,18H,12-13,20H2,1-3H3. The van der Waals surface area contributed by atoms with Crippen molar-refractivity contribution >= 4 is 0 Å². The molecule has 2 aromatic carbocycles. The molecule has 112 valence electrons. The molecule has 1 atom stereocenters. The molecule has 0 aromatic heterocycles. The molecule has 0 saturated carbocycles. The van der Waals surface area contributed by atoms with Gasteiger partial charge in [0.2, 0.25) is 0 Å². The van der Waals surface area contributed by atoms with Crippen molar-refractivity contribution in [3.63, 3.8) is 0 Å². The summed E-state index contributed by atoms with van der Waals surface area (Å²) in [5, 5.41) is 0. The minimum absolute atomic E-state index is 0.322. The second-order valence-electron chi connectivity index (χ2n) is 5.77. The van der Waals surface area contributed by atoms with Crippen LogP contribution in [0, 0.1) is 0 Å². The van der Waals surface area contributed by atoms with Gasteiger partial charge in [-0.1, -0.05) is 56.3 Å². The first kappa shape index (κ1) is 15.6. The molecule has 0 heterocycles. The van der Waals surface area contributed by atoms with Crippen LogP contribution in [0.25, 0.3) is 0 Å². The van der Waals surface area contributed by atoms with Crippen LogP contribution in [-0.4, -0.2) is 13.7 Å². The van der Waals surface area contributed by atoms with E-state index in [4.69, 9.17) is 10.5 Å². The number of nitrogens with two attached hydrogens (primary N) is 1. The van der Waals surface area contributed by atoms with Crippen LogP contribution in [-0.2, 0) is 6.42 Å². The van der Waals surface area contributed by atoms with Crippen molar-refractivity contribution < 1.29 is 4.74 Å². The third kappa shape index (κ3) is 3.85. The van der Waals surface area contributed by atoms with Gasteiger partial charge in [-0.15, -0.1) is 0 Å². The van der Waals surface area contributed by atoms with E-state index in [2.05, 4.69) is 56.3 Å². The van der Waals surface area contributed by atoms with Crippen molar-refractivity contribution in [2.75, 3.05) is 13.7 Å². The summed E-state index contributed by atoms with van der Waals surface area (Å²) in [5.74, 6) is 1.79. The highest BCUT2D eigenvalue weighted by Gasteiger charge is 2.14. The molecule has 0 aliphatic carbocycles. The zero-order chi connectivity index (χ0) is 15.2. The molecule has 1 unspecified atom stereocenters. The topological polar surface area (TPSA) is 35.2 Å². The maximum absolute atomic E-state index is 6.00. The van der Waals surface area contributed by atoms with E-state index in [1.807, 2.05) is 6.07 Å². The van der Waals surface area contributed by atoms with Crippen molar-refractivity contribution in [1.82, 2.24) is 0 Å². The Labute approximate surface area is 127 Å². The van der Waals surface area contributed by atoms with Gasteiger partial charge >= 0.3 is 0 Å². The molecule has 0 spiro atoms. The number of hydrogen-bond donors (Lipinski definition) is 1. The van der Waals surface area contributed by atoms with Gasteiger partial charge in [0, 0.05) is 5.92 Å². The lowest BCUT2D eigenvalue weighted by Crippen LogP contribution is -2.15. The van der Waals surface area contributed by atoms with Crippen LogP contribution in [0.3, 0.4) is 0 Å². The summed E-state index contributed by atoms with van der Waals surface area (Å²) in [5.41, 5.74) is 9.87. The molecular weight excluding hydrogens is 258 g/mol. The van der Waals surface area contributed by atoms with Gasteiger partial charge < -0.3 is 10.5 Å². The molecule has 2 heteroatoms. The molecule has 0 fully saturated rings. The Balaban J connectivity index is 2.30. The average Bonchev–Trinajstić information content (AvgIpc) is 2.53. The van der Waals surface area contributed by atoms with E-state index in [1.54, 1.807) is 7.11 Å². The summed E-state index contributed by atoms with van der Waals surface area (Å²) >= 11 is 0. The molecule has 0 saturated heterocycles. The van der Waals surface area contributed by atoms with Crippen LogP contribution < -0.4 is 10.5 Å². The van der Waals surface area contributed by atoms with Gasteiger partial charge in [0.1, 0.15) is 5.75 Å². The number of hydrogen-bond acceptors (Lipinski definition) is 2. The molecule has 2 nitrogen and oxygen atoms in total. The van der Waals surface area contributed by atoms with Gasteiger partial charge in [-0.3, -0.25) is 0 Å². The van der Waals surface area contributed by atoms with Gasteiger partial charge in [0.05, 0.1) is 7.11 Å². The molecule has 0 aliphatic heterocycles. The molecule has 2 aromatic rings. The SMILES string of the molecule is COc1ccc(C(C)C)cc1CC(CN)c1ccccc1. The fourth-order valence-corrected chi connectivity index (χ4v) is 2.65. The minimum Gasteiger partial charge on any atom is -0.496 e. The quantitative estimate of drug-likeness (QED) is 0.866. The smallest absolute Gasteiger partial charge is 0.122 e. The molecule has 2 N–H and O–H groups in total. The fraction of sp³-hybridized carbons (Fsp3) is 0.368. The molecule has 0 aliphatic rings. The highest BCUT2D eigenvalue weighted by molar-refractivity contribution is 5.40. The van der Waals surface area contributed by atoms with Crippen molar-refractivity contribution in [3.05, 3.63) is 65.2 Å².